The number of hydrogen-bond acceptors (Lipinski definition) is 7. The summed E-state index contributed by atoms with van der Waals surface area (Å²) in [4.78, 5) is 29.4. The molecule has 0 aliphatic heterocycles. The molecular formula is C27H31F5N6O4. The number of nitrogens with one attached hydrogen (secondary N) is 1. The fourth-order valence-electron chi connectivity index (χ4n) is 5.58. The number of fused-ring (bicyclic) bond motifs is 1. The molecule has 3 N–H and O–H groups in total. The number of hydrogen-bond donors (Lipinski definition) is 2. The molecule has 0 bridgehead atoms. The van der Waals surface area contributed by atoms with E-state index in [4.69, 9.17) is 20.0 Å². The number of amides is 2. The second kappa shape index (κ2) is 11.5. The standard InChI is InChI=1S/C27H31F5N6O4/c1-2-41-25-21(24(33)40)23(42-37-25)20(14-5-8-26(28,29)9-6-14)17-13-38-18(35-17)11-16(12-34-38)22(15-3-4-15)36-19(39)7-10-27(30,31)32/h11-15,20,22H,2-10H2,1H3,(H2,33,40)(H,36,39)/t20-,22+/m0/s1. The normalized spacial score (nSPS) is 19.0. The van der Waals surface area contributed by atoms with Crippen LogP contribution in [0.25, 0.3) is 5.65 Å². The predicted octanol–water partition coefficient (Wildman–Crippen LogP) is 5.08. The van der Waals surface area contributed by atoms with Crippen LogP contribution in [0.2, 0.25) is 0 Å². The maximum absolute atomic E-state index is 14.1. The Morgan fingerprint density at radius 1 is 1.21 bits per heavy atom. The molecule has 10 nitrogen and oxygen atoms in total. The van der Waals surface area contributed by atoms with Gasteiger partial charge in [-0.25, -0.2) is 18.3 Å². The topological polar surface area (TPSA) is 138 Å². The molecule has 2 atom stereocenters. The van der Waals surface area contributed by atoms with Crippen LogP contribution in [0.1, 0.15) is 97.6 Å². The third-order valence-electron chi connectivity index (χ3n) is 7.81. The lowest BCUT2D eigenvalue weighted by Crippen LogP contribution is -2.30. The van der Waals surface area contributed by atoms with Crippen LogP contribution in [0.5, 0.6) is 5.88 Å². The molecule has 3 heterocycles. The zero-order chi connectivity index (χ0) is 30.2. The van der Waals surface area contributed by atoms with E-state index in [1.54, 1.807) is 19.2 Å². The van der Waals surface area contributed by atoms with E-state index in [1.807, 2.05) is 0 Å². The van der Waals surface area contributed by atoms with E-state index in [-0.39, 0.29) is 61.3 Å². The molecule has 228 valence electrons. The fraction of sp³-hybridized carbons (Fsp3) is 0.593. The lowest BCUT2D eigenvalue weighted by molar-refractivity contribution is -0.144. The van der Waals surface area contributed by atoms with Crippen molar-refractivity contribution >= 4 is 17.5 Å². The van der Waals surface area contributed by atoms with Crippen molar-refractivity contribution in [1.82, 2.24) is 25.1 Å². The number of primary amides is 1. The summed E-state index contributed by atoms with van der Waals surface area (Å²) < 4.78 is 78.4. The zero-order valence-corrected chi connectivity index (χ0v) is 22.8. The molecule has 0 aromatic carbocycles. The summed E-state index contributed by atoms with van der Waals surface area (Å²) >= 11 is 0. The molecule has 2 aliphatic carbocycles. The molecule has 2 fully saturated rings. The summed E-state index contributed by atoms with van der Waals surface area (Å²) in [7, 11) is 0. The van der Waals surface area contributed by atoms with Crippen LogP contribution in [-0.2, 0) is 4.79 Å². The Morgan fingerprint density at radius 2 is 1.93 bits per heavy atom. The van der Waals surface area contributed by atoms with Crippen molar-refractivity contribution in [1.29, 1.82) is 0 Å². The molecule has 15 heteroatoms. The Morgan fingerprint density at radius 3 is 2.55 bits per heavy atom. The summed E-state index contributed by atoms with van der Waals surface area (Å²) in [5, 5.41) is 11.0. The first-order valence-corrected chi connectivity index (χ1v) is 13.9. The van der Waals surface area contributed by atoms with Gasteiger partial charge in [-0.15, -0.1) is 0 Å². The molecule has 3 aromatic heterocycles. The predicted molar refractivity (Wildman–Crippen MR) is 137 cm³/mol. The Bertz CT molecular complexity index is 1440. The van der Waals surface area contributed by atoms with E-state index in [0.29, 0.717) is 16.9 Å². The molecule has 42 heavy (non-hydrogen) atoms. The number of halogens is 5. The molecular weight excluding hydrogens is 567 g/mol. The smallest absolute Gasteiger partial charge is 0.389 e. The third kappa shape index (κ3) is 6.65. The van der Waals surface area contributed by atoms with Crippen molar-refractivity contribution in [2.24, 2.45) is 17.6 Å². The van der Waals surface area contributed by atoms with Gasteiger partial charge in [0.25, 0.3) is 11.8 Å². The fourth-order valence-corrected chi connectivity index (χ4v) is 5.58. The zero-order valence-electron chi connectivity index (χ0n) is 22.8. The van der Waals surface area contributed by atoms with Crippen molar-refractivity contribution in [2.75, 3.05) is 6.61 Å². The number of aromatic nitrogens is 4. The molecule has 2 amide bonds. The van der Waals surface area contributed by atoms with E-state index in [0.717, 1.165) is 12.8 Å². The van der Waals surface area contributed by atoms with E-state index < -0.39 is 48.7 Å². The number of ether oxygens (including phenoxy) is 1. The first kappa shape index (κ1) is 29.7. The Hall–Kier alpha value is -3.78. The molecule has 0 saturated heterocycles. The molecule has 3 aromatic rings. The molecule has 2 aliphatic rings. The van der Waals surface area contributed by atoms with Crippen molar-refractivity contribution in [3.63, 3.8) is 0 Å². The van der Waals surface area contributed by atoms with E-state index in [9.17, 15) is 31.5 Å². The summed E-state index contributed by atoms with van der Waals surface area (Å²) in [6, 6.07) is 1.14. The minimum atomic E-state index is -4.44. The first-order chi connectivity index (χ1) is 19.8. The van der Waals surface area contributed by atoms with Crippen molar-refractivity contribution < 1.29 is 40.8 Å². The summed E-state index contributed by atoms with van der Waals surface area (Å²) in [6.07, 6.45) is -2.07. The van der Waals surface area contributed by atoms with Gasteiger partial charge in [0.2, 0.25) is 11.8 Å². The van der Waals surface area contributed by atoms with Crippen molar-refractivity contribution in [3.05, 3.63) is 41.0 Å². The minimum Gasteiger partial charge on any atom is -0.475 e. The Balaban J connectivity index is 1.48. The van der Waals surface area contributed by atoms with E-state index >= 15 is 0 Å². The van der Waals surface area contributed by atoms with E-state index in [1.165, 1.54) is 10.7 Å². The van der Waals surface area contributed by atoms with Gasteiger partial charge in [0, 0.05) is 19.3 Å². The number of alkyl halides is 5. The quantitative estimate of drug-likeness (QED) is 0.294. The number of carbonyl (C=O) groups is 2. The van der Waals surface area contributed by atoms with Crippen molar-refractivity contribution in [2.45, 2.75) is 82.3 Å². The summed E-state index contributed by atoms with van der Waals surface area (Å²) in [5.41, 5.74) is 6.88. The molecule has 5 rings (SSSR count). The molecule has 0 unspecified atom stereocenters. The maximum atomic E-state index is 14.1. The average Bonchev–Trinajstić information content (AvgIpc) is 3.54. The maximum Gasteiger partial charge on any atom is 0.389 e. The van der Waals surface area contributed by atoms with Crippen LogP contribution in [0.3, 0.4) is 0 Å². The molecule has 0 spiro atoms. The van der Waals surface area contributed by atoms with Crippen LogP contribution < -0.4 is 15.8 Å². The highest BCUT2D eigenvalue weighted by Crippen LogP contribution is 2.47. The van der Waals surface area contributed by atoms with Crippen LogP contribution >= 0.6 is 0 Å². The van der Waals surface area contributed by atoms with Crippen molar-refractivity contribution in [3.8, 4) is 5.88 Å². The Kier molecular flexibility index (Phi) is 8.12. The minimum absolute atomic E-state index is 0.0551. The Labute approximate surface area is 237 Å². The van der Waals surface area contributed by atoms with Gasteiger partial charge in [-0.05, 0) is 61.2 Å². The summed E-state index contributed by atoms with van der Waals surface area (Å²) in [6.45, 7) is 1.88. The lowest BCUT2D eigenvalue weighted by atomic mass is 9.75. The number of carbonyl (C=O) groups excluding carboxylic acids is 2. The second-order valence-corrected chi connectivity index (χ2v) is 11.0. The van der Waals surface area contributed by atoms with Crippen LogP contribution in [0.15, 0.2) is 23.0 Å². The van der Waals surface area contributed by atoms with E-state index in [2.05, 4.69) is 15.6 Å². The van der Waals surface area contributed by atoms with Gasteiger partial charge in [0.05, 0.1) is 43.1 Å². The monoisotopic (exact) mass is 598 g/mol. The molecule has 0 radical (unpaired) electrons. The molecule has 2 saturated carbocycles. The first-order valence-electron chi connectivity index (χ1n) is 13.9. The van der Waals surface area contributed by atoms with Gasteiger partial charge < -0.3 is 20.3 Å². The lowest BCUT2D eigenvalue weighted by Gasteiger charge is -2.32. The average molecular weight is 599 g/mol. The van der Waals surface area contributed by atoms with Gasteiger partial charge in [0.15, 0.2) is 11.4 Å². The van der Waals surface area contributed by atoms with Gasteiger partial charge in [-0.3, -0.25) is 9.59 Å². The van der Waals surface area contributed by atoms with Crippen LogP contribution in [-0.4, -0.2) is 50.3 Å². The van der Waals surface area contributed by atoms with Crippen LogP contribution in [0.4, 0.5) is 22.0 Å². The van der Waals surface area contributed by atoms with Gasteiger partial charge in [0.1, 0.15) is 5.56 Å². The number of nitrogens with two attached hydrogens (primary N) is 1. The number of nitrogens with zero attached hydrogens (tertiary/aromatic N) is 4. The third-order valence-corrected chi connectivity index (χ3v) is 7.81. The highest BCUT2D eigenvalue weighted by atomic mass is 19.4. The largest absolute Gasteiger partial charge is 0.475 e. The number of imidazole rings is 1. The van der Waals surface area contributed by atoms with Gasteiger partial charge >= 0.3 is 6.18 Å². The highest BCUT2D eigenvalue weighted by molar-refractivity contribution is 5.96. The highest BCUT2D eigenvalue weighted by Gasteiger charge is 2.43. The summed E-state index contributed by atoms with van der Waals surface area (Å²) in [5.74, 6) is -5.49. The van der Waals surface area contributed by atoms with Crippen LogP contribution in [0, 0.1) is 11.8 Å². The number of rotatable bonds is 11. The van der Waals surface area contributed by atoms with Gasteiger partial charge in [-0.2, -0.15) is 18.3 Å². The second-order valence-electron chi connectivity index (χ2n) is 11.0. The van der Waals surface area contributed by atoms with Gasteiger partial charge in [-0.1, -0.05) is 0 Å². The SMILES string of the molecule is CCOc1noc([C@H](c2cn3ncc([C@H](NC(=O)CCC(F)(F)F)C4CC4)cc3n2)C2CCC(F)(F)CC2)c1C(N)=O.